The van der Waals surface area contributed by atoms with Gasteiger partial charge in [0, 0.05) is 0 Å². The largest absolute Gasteiger partial charge is 0.509 e. The Morgan fingerprint density at radius 2 is 1.84 bits per heavy atom. The van der Waals surface area contributed by atoms with E-state index in [-0.39, 0.29) is 12.0 Å². The Morgan fingerprint density at radius 1 is 1.16 bits per heavy atom. The molecule has 25 heavy (non-hydrogen) atoms. The smallest absolute Gasteiger partial charge is 0.431 e. The standard InChI is InChI=1S/C17H30O8/c1-8(2)10-5-4-9(3)6-11(10)24-17(22)25-15-14(20)13(19)12(7-18)23-16(15)21/h8-16,18-21H,4-7H2,1-3H3/t9?,10?,11?,12-,13-,14+,15+,16?/m1/s1. The van der Waals surface area contributed by atoms with Crippen LogP contribution < -0.4 is 0 Å². The van der Waals surface area contributed by atoms with Crippen LogP contribution in [0.3, 0.4) is 0 Å². The summed E-state index contributed by atoms with van der Waals surface area (Å²) in [5, 5.41) is 38.8. The first-order valence-electron chi connectivity index (χ1n) is 8.92. The van der Waals surface area contributed by atoms with Gasteiger partial charge in [-0.05, 0) is 30.6 Å². The quantitative estimate of drug-likeness (QED) is 0.530. The van der Waals surface area contributed by atoms with Crippen molar-refractivity contribution < 1.29 is 39.4 Å². The second-order valence-electron chi connectivity index (χ2n) is 7.54. The number of aliphatic hydroxyl groups is 4. The van der Waals surface area contributed by atoms with Gasteiger partial charge >= 0.3 is 6.16 Å². The van der Waals surface area contributed by atoms with Crippen LogP contribution in [0.5, 0.6) is 0 Å². The van der Waals surface area contributed by atoms with Gasteiger partial charge in [0.1, 0.15) is 24.4 Å². The molecule has 1 aliphatic heterocycles. The number of hydrogen-bond donors (Lipinski definition) is 4. The van der Waals surface area contributed by atoms with E-state index in [0.717, 1.165) is 19.3 Å². The summed E-state index contributed by atoms with van der Waals surface area (Å²) >= 11 is 0. The second kappa shape index (κ2) is 8.64. The molecule has 2 aliphatic rings. The molecule has 1 aliphatic carbocycles. The molecule has 0 spiro atoms. The number of hydrogen-bond acceptors (Lipinski definition) is 8. The fourth-order valence-electron chi connectivity index (χ4n) is 3.71. The highest BCUT2D eigenvalue weighted by molar-refractivity contribution is 5.60. The minimum Gasteiger partial charge on any atom is -0.431 e. The van der Waals surface area contributed by atoms with Gasteiger partial charge in [-0.15, -0.1) is 0 Å². The maximum absolute atomic E-state index is 12.1. The lowest BCUT2D eigenvalue weighted by molar-refractivity contribution is -0.288. The summed E-state index contributed by atoms with van der Waals surface area (Å²) in [6, 6.07) is 0. The molecular formula is C17H30O8. The molecule has 8 heteroatoms. The topological polar surface area (TPSA) is 126 Å². The lowest BCUT2D eigenvalue weighted by atomic mass is 9.75. The van der Waals surface area contributed by atoms with Crippen LogP contribution in [0.4, 0.5) is 4.79 Å². The van der Waals surface area contributed by atoms with Crippen LogP contribution in [-0.2, 0) is 14.2 Å². The molecule has 8 nitrogen and oxygen atoms in total. The van der Waals surface area contributed by atoms with E-state index in [2.05, 4.69) is 20.8 Å². The van der Waals surface area contributed by atoms with Gasteiger partial charge in [-0.3, -0.25) is 0 Å². The van der Waals surface area contributed by atoms with Crippen LogP contribution in [0.15, 0.2) is 0 Å². The Kier molecular flexibility index (Phi) is 7.04. The normalized spacial score (nSPS) is 42.2. The Balaban J connectivity index is 1.96. The Labute approximate surface area is 147 Å². The van der Waals surface area contributed by atoms with Crippen LogP contribution >= 0.6 is 0 Å². The zero-order valence-corrected chi connectivity index (χ0v) is 14.9. The van der Waals surface area contributed by atoms with E-state index in [1.54, 1.807) is 0 Å². The third-order valence-electron chi connectivity index (χ3n) is 5.28. The molecule has 0 bridgehead atoms. The van der Waals surface area contributed by atoms with E-state index in [4.69, 9.17) is 19.3 Å². The maximum atomic E-state index is 12.1. The first kappa shape index (κ1) is 20.4. The Morgan fingerprint density at radius 3 is 2.44 bits per heavy atom. The number of carbonyl (C=O) groups is 1. The number of aliphatic hydroxyl groups excluding tert-OH is 4. The van der Waals surface area contributed by atoms with E-state index in [0.29, 0.717) is 11.8 Å². The molecule has 0 amide bonds. The van der Waals surface area contributed by atoms with Gasteiger partial charge in [0.15, 0.2) is 12.4 Å². The van der Waals surface area contributed by atoms with E-state index in [1.165, 1.54) is 0 Å². The molecule has 1 heterocycles. The van der Waals surface area contributed by atoms with E-state index in [1.807, 2.05) is 0 Å². The van der Waals surface area contributed by atoms with Crippen molar-refractivity contribution in [3.8, 4) is 0 Å². The molecule has 2 fully saturated rings. The number of carbonyl (C=O) groups excluding carboxylic acids is 1. The highest BCUT2D eigenvalue weighted by Gasteiger charge is 2.46. The van der Waals surface area contributed by atoms with Crippen molar-refractivity contribution in [1.29, 1.82) is 0 Å². The minimum atomic E-state index is -1.66. The van der Waals surface area contributed by atoms with Gasteiger partial charge in [0.05, 0.1) is 6.61 Å². The lowest BCUT2D eigenvalue weighted by Gasteiger charge is -2.40. The Bertz CT molecular complexity index is 442. The van der Waals surface area contributed by atoms with E-state index >= 15 is 0 Å². The zero-order valence-electron chi connectivity index (χ0n) is 14.9. The number of rotatable bonds is 4. The van der Waals surface area contributed by atoms with Crippen LogP contribution in [0.25, 0.3) is 0 Å². The van der Waals surface area contributed by atoms with Gasteiger partial charge < -0.3 is 34.6 Å². The maximum Gasteiger partial charge on any atom is 0.509 e. The fraction of sp³-hybridized carbons (Fsp3) is 0.941. The third kappa shape index (κ3) is 4.83. The first-order valence-corrected chi connectivity index (χ1v) is 8.92. The van der Waals surface area contributed by atoms with E-state index in [9.17, 15) is 20.1 Å². The third-order valence-corrected chi connectivity index (χ3v) is 5.28. The fourth-order valence-corrected chi connectivity index (χ4v) is 3.71. The monoisotopic (exact) mass is 362 g/mol. The van der Waals surface area contributed by atoms with Crippen LogP contribution in [0.2, 0.25) is 0 Å². The summed E-state index contributed by atoms with van der Waals surface area (Å²) in [5.41, 5.74) is 0. The van der Waals surface area contributed by atoms with E-state index < -0.39 is 43.5 Å². The van der Waals surface area contributed by atoms with Crippen molar-refractivity contribution >= 4 is 6.16 Å². The van der Waals surface area contributed by atoms with Crippen molar-refractivity contribution in [3.05, 3.63) is 0 Å². The molecule has 4 N–H and O–H groups in total. The van der Waals surface area contributed by atoms with Gasteiger partial charge in [-0.25, -0.2) is 4.79 Å². The second-order valence-corrected chi connectivity index (χ2v) is 7.54. The molecule has 0 aromatic rings. The highest BCUT2D eigenvalue weighted by atomic mass is 16.8. The Hall–Kier alpha value is -0.930. The summed E-state index contributed by atoms with van der Waals surface area (Å²) in [5.74, 6) is 1.02. The van der Waals surface area contributed by atoms with Crippen molar-refractivity contribution in [2.75, 3.05) is 6.61 Å². The van der Waals surface area contributed by atoms with Crippen molar-refractivity contribution in [2.45, 2.75) is 76.8 Å². The molecule has 0 aromatic heterocycles. The molecule has 8 atom stereocenters. The van der Waals surface area contributed by atoms with Gasteiger partial charge in [0.25, 0.3) is 0 Å². The summed E-state index contributed by atoms with van der Waals surface area (Å²) in [6.07, 6.45) is -5.87. The van der Waals surface area contributed by atoms with Crippen LogP contribution in [-0.4, -0.2) is 70.0 Å². The van der Waals surface area contributed by atoms with Crippen molar-refractivity contribution in [3.63, 3.8) is 0 Å². The summed E-state index contributed by atoms with van der Waals surface area (Å²) in [7, 11) is 0. The van der Waals surface area contributed by atoms with Gasteiger partial charge in [0.2, 0.25) is 0 Å². The molecule has 1 saturated carbocycles. The summed E-state index contributed by atoms with van der Waals surface area (Å²) < 4.78 is 15.4. The minimum absolute atomic E-state index is 0.227. The lowest BCUT2D eigenvalue weighted by Crippen LogP contribution is -2.59. The summed E-state index contributed by atoms with van der Waals surface area (Å²) in [6.45, 7) is 5.68. The molecule has 2 rings (SSSR count). The predicted molar refractivity (Wildman–Crippen MR) is 86.5 cm³/mol. The van der Waals surface area contributed by atoms with Crippen molar-refractivity contribution in [2.24, 2.45) is 17.8 Å². The molecule has 4 unspecified atom stereocenters. The average Bonchev–Trinajstić information content (AvgIpc) is 2.54. The van der Waals surface area contributed by atoms with Gasteiger partial charge in [-0.2, -0.15) is 0 Å². The van der Waals surface area contributed by atoms with Crippen LogP contribution in [0, 0.1) is 17.8 Å². The van der Waals surface area contributed by atoms with Crippen LogP contribution in [0.1, 0.15) is 40.0 Å². The molecular weight excluding hydrogens is 332 g/mol. The SMILES string of the molecule is CC1CCC(C(C)C)C(OC(=O)O[C@@H]2C(O)O[C@H](CO)[C@@H](O)[C@@H]2O)C1. The molecule has 0 radical (unpaired) electrons. The van der Waals surface area contributed by atoms with Crippen molar-refractivity contribution in [1.82, 2.24) is 0 Å². The highest BCUT2D eigenvalue weighted by Crippen LogP contribution is 2.35. The number of ether oxygens (including phenoxy) is 3. The molecule has 1 saturated heterocycles. The summed E-state index contributed by atoms with van der Waals surface area (Å²) in [4.78, 5) is 12.1. The van der Waals surface area contributed by atoms with Gasteiger partial charge in [-0.1, -0.05) is 27.2 Å². The molecule has 146 valence electrons. The predicted octanol–water partition coefficient (Wildman–Crippen LogP) is 0.400. The first-order chi connectivity index (χ1) is 11.7. The average molecular weight is 362 g/mol. The zero-order chi connectivity index (χ0) is 18.7. The molecule has 0 aromatic carbocycles.